The number of unbranched alkanes of at least 4 members (excludes halogenated alkanes) is 30. The van der Waals surface area contributed by atoms with Crippen molar-refractivity contribution in [3.8, 4) is 0 Å². The molecule has 338 valence electrons. The highest BCUT2D eigenvalue weighted by Gasteiger charge is 2.19. The van der Waals surface area contributed by atoms with Gasteiger partial charge in [0.05, 0.1) is 0 Å². The van der Waals surface area contributed by atoms with Crippen molar-refractivity contribution in [1.29, 1.82) is 0 Å². The number of carbonyl (C=O) groups excluding carboxylic acids is 3. The van der Waals surface area contributed by atoms with E-state index in [-0.39, 0.29) is 31.1 Å². The summed E-state index contributed by atoms with van der Waals surface area (Å²) in [6, 6.07) is 0. The van der Waals surface area contributed by atoms with Crippen LogP contribution in [0.5, 0.6) is 0 Å². The summed E-state index contributed by atoms with van der Waals surface area (Å²) in [6.07, 6.45) is 43.8. The van der Waals surface area contributed by atoms with Gasteiger partial charge in [0.15, 0.2) is 6.10 Å². The van der Waals surface area contributed by atoms with Gasteiger partial charge in [-0.25, -0.2) is 0 Å². The Labute approximate surface area is 355 Å². The number of hydrogen-bond acceptors (Lipinski definition) is 6. The van der Waals surface area contributed by atoms with E-state index in [2.05, 4.69) is 34.6 Å². The summed E-state index contributed by atoms with van der Waals surface area (Å²) in [4.78, 5) is 37.9. The first-order chi connectivity index (χ1) is 27.7. The fourth-order valence-electron chi connectivity index (χ4n) is 7.64. The molecule has 1 atom stereocenters. The maximum absolute atomic E-state index is 12.7. The van der Waals surface area contributed by atoms with Crippen molar-refractivity contribution in [2.45, 2.75) is 285 Å². The molecular weight excluding hydrogens is 709 g/mol. The van der Waals surface area contributed by atoms with E-state index in [4.69, 9.17) is 14.2 Å². The van der Waals surface area contributed by atoms with Gasteiger partial charge in [0.25, 0.3) is 0 Å². The maximum atomic E-state index is 12.7. The quantitative estimate of drug-likeness (QED) is 0.0346. The molecule has 6 nitrogen and oxygen atoms in total. The Morgan fingerprint density at radius 1 is 0.333 bits per heavy atom. The van der Waals surface area contributed by atoms with Crippen LogP contribution in [0, 0.1) is 11.8 Å². The summed E-state index contributed by atoms with van der Waals surface area (Å²) in [6.45, 7) is 11.3. The van der Waals surface area contributed by atoms with E-state index < -0.39 is 6.10 Å². The molecule has 0 aromatic heterocycles. The molecule has 0 heterocycles. The minimum absolute atomic E-state index is 0.0643. The van der Waals surface area contributed by atoms with Gasteiger partial charge in [0.2, 0.25) is 0 Å². The highest BCUT2D eigenvalue weighted by molar-refractivity contribution is 5.71. The summed E-state index contributed by atoms with van der Waals surface area (Å²) in [7, 11) is 0. The van der Waals surface area contributed by atoms with Crippen LogP contribution in [-0.4, -0.2) is 37.2 Å². The molecule has 0 rings (SSSR count). The third-order valence-corrected chi connectivity index (χ3v) is 11.5. The number of rotatable bonds is 45. The van der Waals surface area contributed by atoms with Gasteiger partial charge in [0, 0.05) is 19.3 Å². The third kappa shape index (κ3) is 45.3. The highest BCUT2D eigenvalue weighted by atomic mass is 16.6. The van der Waals surface area contributed by atoms with Gasteiger partial charge in [-0.05, 0) is 31.1 Å². The molecule has 6 heteroatoms. The van der Waals surface area contributed by atoms with Gasteiger partial charge in [-0.15, -0.1) is 0 Å². The van der Waals surface area contributed by atoms with Crippen molar-refractivity contribution in [2.75, 3.05) is 13.2 Å². The molecule has 0 aliphatic rings. The SMILES string of the molecule is CCCCCCCCCCCCCCCCCC(=O)OC[C@@H](COC(=O)CCCCCCCCCCCC(C)C)OC(=O)CCCCCCCCCCCC(C)C. The third-order valence-electron chi connectivity index (χ3n) is 11.5. The minimum Gasteiger partial charge on any atom is -0.462 e. The van der Waals surface area contributed by atoms with Gasteiger partial charge < -0.3 is 14.2 Å². The lowest BCUT2D eigenvalue weighted by Crippen LogP contribution is -2.30. The molecule has 0 fully saturated rings. The lowest BCUT2D eigenvalue weighted by molar-refractivity contribution is -0.167. The molecule has 0 N–H and O–H groups in total. The normalized spacial score (nSPS) is 12.1. The monoisotopic (exact) mass is 807 g/mol. The predicted molar refractivity (Wildman–Crippen MR) is 243 cm³/mol. The maximum Gasteiger partial charge on any atom is 0.306 e. The number of carbonyl (C=O) groups is 3. The topological polar surface area (TPSA) is 78.9 Å². The Kier molecular flexibility index (Phi) is 42.7. The van der Waals surface area contributed by atoms with Gasteiger partial charge in [-0.1, -0.05) is 240 Å². The van der Waals surface area contributed by atoms with Crippen LogP contribution >= 0.6 is 0 Å². The first-order valence-corrected chi connectivity index (χ1v) is 25.2. The van der Waals surface area contributed by atoms with Crippen LogP contribution in [0.15, 0.2) is 0 Å². The Balaban J connectivity index is 4.31. The zero-order chi connectivity index (χ0) is 41.9. The van der Waals surface area contributed by atoms with Crippen molar-refractivity contribution in [3.63, 3.8) is 0 Å². The molecule has 0 bridgehead atoms. The molecule has 0 aliphatic carbocycles. The Morgan fingerprint density at radius 2 is 0.579 bits per heavy atom. The van der Waals surface area contributed by atoms with E-state index >= 15 is 0 Å². The second-order valence-electron chi connectivity index (χ2n) is 18.4. The Morgan fingerprint density at radius 3 is 0.860 bits per heavy atom. The van der Waals surface area contributed by atoms with Crippen molar-refractivity contribution >= 4 is 17.9 Å². The van der Waals surface area contributed by atoms with E-state index in [0.29, 0.717) is 19.3 Å². The largest absolute Gasteiger partial charge is 0.462 e. The van der Waals surface area contributed by atoms with Crippen LogP contribution < -0.4 is 0 Å². The predicted octanol–water partition coefficient (Wildman–Crippen LogP) is 16.1. The number of hydrogen-bond donors (Lipinski definition) is 0. The number of esters is 3. The van der Waals surface area contributed by atoms with Crippen molar-refractivity contribution in [1.82, 2.24) is 0 Å². The second kappa shape index (κ2) is 44.0. The molecule has 0 saturated heterocycles. The molecule has 0 aromatic carbocycles. The average molecular weight is 807 g/mol. The minimum atomic E-state index is -0.761. The lowest BCUT2D eigenvalue weighted by Gasteiger charge is -2.18. The Hall–Kier alpha value is -1.59. The zero-order valence-corrected chi connectivity index (χ0v) is 39.0. The van der Waals surface area contributed by atoms with Crippen molar-refractivity contribution in [3.05, 3.63) is 0 Å². The van der Waals surface area contributed by atoms with Crippen molar-refractivity contribution < 1.29 is 28.6 Å². The standard InChI is InChI=1S/C51H98O6/c1-6-7-8-9-10-11-12-13-14-15-16-21-26-31-36-41-49(52)55-44-48(57-51(54)43-38-33-28-23-18-20-25-30-35-40-47(4)5)45-56-50(53)42-37-32-27-22-17-19-24-29-34-39-46(2)3/h46-48H,6-45H2,1-5H3/t48-/m0/s1. The van der Waals surface area contributed by atoms with Crippen LogP contribution in [0.3, 0.4) is 0 Å². The lowest BCUT2D eigenvalue weighted by atomic mass is 10.0. The van der Waals surface area contributed by atoms with Gasteiger partial charge in [0.1, 0.15) is 13.2 Å². The van der Waals surface area contributed by atoms with Crippen LogP contribution in [0.4, 0.5) is 0 Å². The van der Waals surface area contributed by atoms with Crippen LogP contribution in [0.1, 0.15) is 279 Å². The summed E-state index contributed by atoms with van der Waals surface area (Å²) >= 11 is 0. The summed E-state index contributed by atoms with van der Waals surface area (Å²) in [5.74, 6) is 0.763. The van der Waals surface area contributed by atoms with E-state index in [1.165, 1.54) is 167 Å². The van der Waals surface area contributed by atoms with Gasteiger partial charge in [-0.3, -0.25) is 14.4 Å². The average Bonchev–Trinajstić information content (AvgIpc) is 3.18. The van der Waals surface area contributed by atoms with E-state index in [1.54, 1.807) is 0 Å². The van der Waals surface area contributed by atoms with Crippen molar-refractivity contribution in [2.24, 2.45) is 11.8 Å². The molecule has 0 aliphatic heterocycles. The Bertz CT molecular complexity index is 870. The smallest absolute Gasteiger partial charge is 0.306 e. The molecule has 0 amide bonds. The fourth-order valence-corrected chi connectivity index (χ4v) is 7.64. The summed E-state index contributed by atoms with van der Waals surface area (Å²) < 4.78 is 16.8. The zero-order valence-electron chi connectivity index (χ0n) is 39.0. The van der Waals surface area contributed by atoms with E-state index in [1.807, 2.05) is 0 Å². The summed E-state index contributed by atoms with van der Waals surface area (Å²) in [5, 5.41) is 0. The molecule has 57 heavy (non-hydrogen) atoms. The number of ether oxygens (including phenoxy) is 3. The van der Waals surface area contributed by atoms with Crippen LogP contribution in [-0.2, 0) is 28.6 Å². The molecule has 0 unspecified atom stereocenters. The summed E-state index contributed by atoms with van der Waals surface area (Å²) in [5.41, 5.74) is 0. The van der Waals surface area contributed by atoms with E-state index in [0.717, 1.165) is 69.6 Å². The molecule has 0 radical (unpaired) electrons. The second-order valence-corrected chi connectivity index (χ2v) is 18.4. The first kappa shape index (κ1) is 55.4. The molecular formula is C51H98O6. The van der Waals surface area contributed by atoms with Gasteiger partial charge >= 0.3 is 17.9 Å². The highest BCUT2D eigenvalue weighted by Crippen LogP contribution is 2.17. The molecule has 0 saturated carbocycles. The molecule has 0 aromatic rings. The molecule has 0 spiro atoms. The van der Waals surface area contributed by atoms with Gasteiger partial charge in [-0.2, -0.15) is 0 Å². The van der Waals surface area contributed by atoms with E-state index in [9.17, 15) is 14.4 Å². The fraction of sp³-hybridized carbons (Fsp3) is 0.941. The van der Waals surface area contributed by atoms with Crippen LogP contribution in [0.2, 0.25) is 0 Å². The van der Waals surface area contributed by atoms with Crippen LogP contribution in [0.25, 0.3) is 0 Å². The first-order valence-electron chi connectivity index (χ1n) is 25.2.